The fourth-order valence-electron chi connectivity index (χ4n) is 2.15. The van der Waals surface area contributed by atoms with Crippen LogP contribution in [-0.4, -0.2) is 18.1 Å². The number of rotatable bonds is 4. The summed E-state index contributed by atoms with van der Waals surface area (Å²) in [6.45, 7) is 4.60. The SMILES string of the molecule is CCCc1nc(CC2CCNCC2)cs1. The average molecular weight is 224 g/mol. The van der Waals surface area contributed by atoms with E-state index in [2.05, 4.69) is 17.6 Å². The van der Waals surface area contributed by atoms with Crippen LogP contribution in [0, 0.1) is 5.92 Å². The standard InChI is InChI=1S/C12H20N2S/c1-2-3-12-14-11(9-15-12)8-10-4-6-13-7-5-10/h9-10,13H,2-8H2,1H3. The average Bonchev–Trinajstić information content (AvgIpc) is 2.68. The number of nitrogens with zero attached hydrogens (tertiary/aromatic N) is 1. The van der Waals surface area contributed by atoms with Crippen LogP contribution in [-0.2, 0) is 12.8 Å². The van der Waals surface area contributed by atoms with E-state index in [0.29, 0.717) is 0 Å². The van der Waals surface area contributed by atoms with Crippen LogP contribution in [0.1, 0.15) is 36.9 Å². The molecule has 0 aliphatic carbocycles. The molecule has 0 radical (unpaired) electrons. The van der Waals surface area contributed by atoms with Gasteiger partial charge in [0.05, 0.1) is 10.7 Å². The van der Waals surface area contributed by atoms with Gasteiger partial charge in [0.1, 0.15) is 0 Å². The summed E-state index contributed by atoms with van der Waals surface area (Å²) in [5.74, 6) is 0.864. The van der Waals surface area contributed by atoms with Gasteiger partial charge in [0.2, 0.25) is 0 Å². The van der Waals surface area contributed by atoms with E-state index in [0.717, 1.165) is 12.3 Å². The Kier molecular flexibility index (Phi) is 4.15. The lowest BCUT2D eigenvalue weighted by Crippen LogP contribution is -2.28. The van der Waals surface area contributed by atoms with Gasteiger partial charge in [-0.2, -0.15) is 0 Å². The van der Waals surface area contributed by atoms with E-state index in [9.17, 15) is 0 Å². The second-order valence-corrected chi connectivity index (χ2v) is 5.32. The molecule has 3 heteroatoms. The fourth-order valence-corrected chi connectivity index (χ4v) is 3.07. The first kappa shape index (κ1) is 11.1. The van der Waals surface area contributed by atoms with Crippen LogP contribution in [0.25, 0.3) is 0 Å². The van der Waals surface area contributed by atoms with Crippen LogP contribution in [0.3, 0.4) is 0 Å². The van der Waals surface area contributed by atoms with Gasteiger partial charge < -0.3 is 5.32 Å². The van der Waals surface area contributed by atoms with Crippen LogP contribution in [0.4, 0.5) is 0 Å². The topological polar surface area (TPSA) is 24.9 Å². The van der Waals surface area contributed by atoms with Gasteiger partial charge in [-0.3, -0.25) is 0 Å². The van der Waals surface area contributed by atoms with Gasteiger partial charge in [-0.05, 0) is 51.1 Å². The van der Waals surface area contributed by atoms with E-state index in [1.807, 2.05) is 11.3 Å². The molecule has 2 rings (SSSR count). The Morgan fingerprint density at radius 2 is 2.27 bits per heavy atom. The minimum absolute atomic E-state index is 0.864. The number of hydrogen-bond acceptors (Lipinski definition) is 3. The highest BCUT2D eigenvalue weighted by Crippen LogP contribution is 2.20. The molecule has 0 amide bonds. The van der Waals surface area contributed by atoms with Gasteiger partial charge in [-0.25, -0.2) is 4.98 Å². The Bertz CT molecular complexity index is 290. The van der Waals surface area contributed by atoms with Crippen LogP contribution in [0.15, 0.2) is 5.38 Å². The summed E-state index contributed by atoms with van der Waals surface area (Å²) in [7, 11) is 0. The van der Waals surface area contributed by atoms with Crippen molar-refractivity contribution >= 4 is 11.3 Å². The zero-order valence-corrected chi connectivity index (χ0v) is 10.3. The minimum Gasteiger partial charge on any atom is -0.317 e. The number of piperidine rings is 1. The predicted octanol–water partition coefficient (Wildman–Crippen LogP) is 2.64. The van der Waals surface area contributed by atoms with Gasteiger partial charge >= 0.3 is 0 Å². The molecule has 15 heavy (non-hydrogen) atoms. The predicted molar refractivity (Wildman–Crippen MR) is 65.4 cm³/mol. The lowest BCUT2D eigenvalue weighted by atomic mass is 9.94. The first-order valence-electron chi connectivity index (χ1n) is 6.02. The third kappa shape index (κ3) is 3.28. The van der Waals surface area contributed by atoms with E-state index >= 15 is 0 Å². The molecule has 1 fully saturated rings. The van der Waals surface area contributed by atoms with Crippen molar-refractivity contribution in [2.75, 3.05) is 13.1 Å². The van der Waals surface area contributed by atoms with Crippen molar-refractivity contribution < 1.29 is 0 Å². The molecule has 84 valence electrons. The van der Waals surface area contributed by atoms with Gasteiger partial charge in [-0.15, -0.1) is 11.3 Å². The van der Waals surface area contributed by atoms with Crippen molar-refractivity contribution in [1.29, 1.82) is 0 Å². The largest absolute Gasteiger partial charge is 0.317 e. The summed E-state index contributed by atoms with van der Waals surface area (Å²) in [6, 6.07) is 0. The van der Waals surface area contributed by atoms with Gasteiger partial charge in [-0.1, -0.05) is 6.92 Å². The molecule has 0 atom stereocenters. The summed E-state index contributed by atoms with van der Waals surface area (Å²) >= 11 is 1.84. The molecule has 1 aromatic rings. The highest BCUT2D eigenvalue weighted by Gasteiger charge is 2.14. The molecule has 1 N–H and O–H groups in total. The molecule has 0 aromatic carbocycles. The maximum absolute atomic E-state index is 4.69. The van der Waals surface area contributed by atoms with Crippen molar-refractivity contribution in [1.82, 2.24) is 10.3 Å². The maximum Gasteiger partial charge on any atom is 0.0928 e. The Balaban J connectivity index is 1.86. The molecule has 1 aromatic heterocycles. The second-order valence-electron chi connectivity index (χ2n) is 4.38. The Labute approximate surface area is 96.1 Å². The molecule has 1 aliphatic rings. The summed E-state index contributed by atoms with van der Waals surface area (Å²) < 4.78 is 0. The van der Waals surface area contributed by atoms with Crippen LogP contribution < -0.4 is 5.32 Å². The highest BCUT2D eigenvalue weighted by molar-refractivity contribution is 7.09. The molecule has 0 spiro atoms. The third-order valence-electron chi connectivity index (χ3n) is 3.02. The molecule has 1 saturated heterocycles. The number of aromatic nitrogens is 1. The number of thiazole rings is 1. The number of hydrogen-bond donors (Lipinski definition) is 1. The zero-order chi connectivity index (χ0) is 10.5. The van der Waals surface area contributed by atoms with E-state index in [1.165, 1.54) is 49.5 Å². The van der Waals surface area contributed by atoms with Crippen LogP contribution in [0.2, 0.25) is 0 Å². The summed E-state index contributed by atoms with van der Waals surface area (Å²) in [6.07, 6.45) is 6.19. The fraction of sp³-hybridized carbons (Fsp3) is 0.750. The summed E-state index contributed by atoms with van der Waals surface area (Å²) in [4.78, 5) is 4.69. The third-order valence-corrected chi connectivity index (χ3v) is 3.98. The minimum atomic E-state index is 0.864. The van der Waals surface area contributed by atoms with Crippen molar-refractivity contribution in [2.45, 2.75) is 39.0 Å². The van der Waals surface area contributed by atoms with E-state index < -0.39 is 0 Å². The summed E-state index contributed by atoms with van der Waals surface area (Å²) in [5.41, 5.74) is 1.33. The number of nitrogens with one attached hydrogen (secondary N) is 1. The normalized spacial score (nSPS) is 18.2. The van der Waals surface area contributed by atoms with E-state index in [1.54, 1.807) is 0 Å². The maximum atomic E-state index is 4.69. The lowest BCUT2D eigenvalue weighted by Gasteiger charge is -2.21. The zero-order valence-electron chi connectivity index (χ0n) is 9.46. The van der Waals surface area contributed by atoms with Crippen molar-refractivity contribution in [2.24, 2.45) is 5.92 Å². The molecular formula is C12H20N2S. The Morgan fingerprint density at radius 1 is 1.47 bits per heavy atom. The van der Waals surface area contributed by atoms with Crippen LogP contribution >= 0.6 is 11.3 Å². The lowest BCUT2D eigenvalue weighted by molar-refractivity contribution is 0.370. The first-order valence-corrected chi connectivity index (χ1v) is 6.90. The monoisotopic (exact) mass is 224 g/mol. The van der Waals surface area contributed by atoms with Gasteiger partial charge in [0, 0.05) is 5.38 Å². The molecular weight excluding hydrogens is 204 g/mol. The van der Waals surface area contributed by atoms with E-state index in [4.69, 9.17) is 4.98 Å². The molecule has 0 saturated carbocycles. The summed E-state index contributed by atoms with van der Waals surface area (Å²) in [5, 5.41) is 6.99. The quantitative estimate of drug-likeness (QED) is 0.850. The van der Waals surface area contributed by atoms with Crippen LogP contribution in [0.5, 0.6) is 0 Å². The van der Waals surface area contributed by atoms with Crippen molar-refractivity contribution in [3.8, 4) is 0 Å². The molecule has 0 unspecified atom stereocenters. The molecule has 1 aliphatic heterocycles. The Hall–Kier alpha value is -0.410. The molecule has 2 nitrogen and oxygen atoms in total. The Morgan fingerprint density at radius 3 is 3.00 bits per heavy atom. The van der Waals surface area contributed by atoms with Crippen molar-refractivity contribution in [3.05, 3.63) is 16.1 Å². The van der Waals surface area contributed by atoms with E-state index in [-0.39, 0.29) is 0 Å². The molecule has 0 bridgehead atoms. The highest BCUT2D eigenvalue weighted by atomic mass is 32.1. The smallest absolute Gasteiger partial charge is 0.0928 e. The van der Waals surface area contributed by atoms with Gasteiger partial charge in [0.25, 0.3) is 0 Å². The first-order chi connectivity index (χ1) is 7.38. The second kappa shape index (κ2) is 5.61. The van der Waals surface area contributed by atoms with Gasteiger partial charge in [0.15, 0.2) is 0 Å². The molecule has 2 heterocycles. The number of aryl methyl sites for hydroxylation is 1. The van der Waals surface area contributed by atoms with Crippen molar-refractivity contribution in [3.63, 3.8) is 0 Å².